The highest BCUT2D eigenvalue weighted by atomic mass is 16.5. The van der Waals surface area contributed by atoms with Crippen LogP contribution in [0, 0.1) is 5.41 Å². The fourth-order valence-corrected chi connectivity index (χ4v) is 3.22. The number of carbonyl (C=O) groups excluding carboxylic acids is 1. The molecule has 1 fully saturated rings. The van der Waals surface area contributed by atoms with Crippen molar-refractivity contribution in [1.82, 2.24) is 5.32 Å². The Morgan fingerprint density at radius 2 is 1.95 bits per heavy atom. The normalized spacial score (nSPS) is 28.8. The van der Waals surface area contributed by atoms with Crippen molar-refractivity contribution >= 4 is 5.91 Å². The van der Waals surface area contributed by atoms with Gasteiger partial charge in [0.05, 0.1) is 6.10 Å². The first kappa shape index (κ1) is 18.4. The minimum atomic E-state index is -0.801. The zero-order valence-corrected chi connectivity index (χ0v) is 14.5. The molecule has 4 heteroatoms. The van der Waals surface area contributed by atoms with E-state index >= 15 is 0 Å². The van der Waals surface area contributed by atoms with Crippen LogP contribution >= 0.6 is 0 Å². The Balaban J connectivity index is 2.65. The number of rotatable bonds is 9. The fourth-order valence-electron chi connectivity index (χ4n) is 3.22. The van der Waals surface area contributed by atoms with Gasteiger partial charge in [0.2, 0.25) is 5.91 Å². The van der Waals surface area contributed by atoms with Crippen LogP contribution in [0.2, 0.25) is 0 Å². The molecule has 3 atom stereocenters. The lowest BCUT2D eigenvalue weighted by Gasteiger charge is -2.57. The van der Waals surface area contributed by atoms with Crippen LogP contribution in [0.5, 0.6) is 0 Å². The van der Waals surface area contributed by atoms with Crippen molar-refractivity contribution in [1.29, 1.82) is 0 Å². The summed E-state index contributed by atoms with van der Waals surface area (Å²) in [7, 11) is 0. The molecular formula is C17H34N2O2. The summed E-state index contributed by atoms with van der Waals surface area (Å²) in [5, 5.41) is 3.19. The van der Waals surface area contributed by atoms with Crippen LogP contribution in [-0.4, -0.2) is 30.2 Å². The molecule has 0 aromatic carbocycles. The van der Waals surface area contributed by atoms with Gasteiger partial charge in [0, 0.05) is 24.5 Å². The molecule has 21 heavy (non-hydrogen) atoms. The monoisotopic (exact) mass is 298 g/mol. The van der Waals surface area contributed by atoms with E-state index in [1.165, 1.54) is 0 Å². The zero-order valence-electron chi connectivity index (χ0n) is 14.5. The average molecular weight is 298 g/mol. The lowest BCUT2D eigenvalue weighted by molar-refractivity contribution is -0.171. The molecule has 0 radical (unpaired) electrons. The molecule has 0 aromatic rings. The third-order valence-corrected chi connectivity index (χ3v) is 5.11. The second kappa shape index (κ2) is 7.59. The second-order valence-electron chi connectivity index (χ2n) is 6.94. The Bertz CT molecular complexity index is 344. The highest BCUT2D eigenvalue weighted by molar-refractivity contribution is 5.89. The van der Waals surface area contributed by atoms with E-state index in [9.17, 15) is 4.79 Å². The van der Waals surface area contributed by atoms with E-state index in [1.54, 1.807) is 0 Å². The van der Waals surface area contributed by atoms with Crippen LogP contribution in [0.3, 0.4) is 0 Å². The highest BCUT2D eigenvalue weighted by Crippen LogP contribution is 2.49. The van der Waals surface area contributed by atoms with Gasteiger partial charge in [-0.05, 0) is 19.8 Å². The second-order valence-corrected chi connectivity index (χ2v) is 6.94. The maximum absolute atomic E-state index is 12.7. The third-order valence-electron chi connectivity index (χ3n) is 5.11. The molecule has 1 aliphatic rings. The Hall–Kier alpha value is -0.610. The van der Waals surface area contributed by atoms with E-state index < -0.39 is 5.54 Å². The van der Waals surface area contributed by atoms with Crippen LogP contribution in [0.1, 0.15) is 73.1 Å². The van der Waals surface area contributed by atoms with Gasteiger partial charge in [-0.3, -0.25) is 4.79 Å². The standard InChI is InChI=1S/C17H34N2O2/c1-6-9-11-13(10-7-2)19-15(20)17(18)12-14(21-8-3)16(17,4)5/h13-14H,6-12,18H2,1-5H3,(H,19,20). The van der Waals surface area contributed by atoms with Crippen molar-refractivity contribution in [3.63, 3.8) is 0 Å². The molecule has 1 amide bonds. The van der Waals surface area contributed by atoms with E-state index in [1.807, 2.05) is 20.8 Å². The summed E-state index contributed by atoms with van der Waals surface area (Å²) in [6, 6.07) is 0.254. The van der Waals surface area contributed by atoms with Crippen LogP contribution in [0.4, 0.5) is 0 Å². The topological polar surface area (TPSA) is 64.4 Å². The summed E-state index contributed by atoms with van der Waals surface area (Å²) in [5.41, 5.74) is 5.31. The van der Waals surface area contributed by atoms with Gasteiger partial charge in [-0.25, -0.2) is 0 Å². The van der Waals surface area contributed by atoms with Gasteiger partial charge in [0.25, 0.3) is 0 Å². The molecule has 1 rings (SSSR count). The number of amides is 1. The predicted octanol–water partition coefficient (Wildman–Crippen LogP) is 2.99. The summed E-state index contributed by atoms with van der Waals surface area (Å²) in [4.78, 5) is 12.7. The molecular weight excluding hydrogens is 264 g/mol. The molecule has 3 N–H and O–H groups in total. The van der Waals surface area contributed by atoms with E-state index in [-0.39, 0.29) is 23.5 Å². The SMILES string of the molecule is CCCCC(CCC)NC(=O)C1(N)CC(OCC)C1(C)C. The molecule has 0 saturated heterocycles. The zero-order chi connectivity index (χ0) is 16.1. The van der Waals surface area contributed by atoms with Gasteiger partial charge in [-0.2, -0.15) is 0 Å². The molecule has 124 valence electrons. The molecule has 3 unspecified atom stereocenters. The van der Waals surface area contributed by atoms with E-state index in [0.717, 1.165) is 32.1 Å². The maximum Gasteiger partial charge on any atom is 0.241 e. The number of carbonyl (C=O) groups is 1. The number of nitrogens with two attached hydrogens (primary N) is 1. The predicted molar refractivity (Wildman–Crippen MR) is 87.1 cm³/mol. The Labute approximate surface area is 130 Å². The molecule has 0 bridgehead atoms. The molecule has 0 aliphatic heterocycles. The summed E-state index contributed by atoms with van der Waals surface area (Å²) in [6.07, 6.45) is 6.15. The van der Waals surface area contributed by atoms with E-state index in [0.29, 0.717) is 13.0 Å². The maximum atomic E-state index is 12.7. The van der Waals surface area contributed by atoms with Crippen molar-refractivity contribution in [2.45, 2.75) is 90.8 Å². The first-order valence-electron chi connectivity index (χ1n) is 8.54. The fraction of sp³-hybridized carbons (Fsp3) is 0.941. The summed E-state index contributed by atoms with van der Waals surface area (Å²) >= 11 is 0. The van der Waals surface area contributed by atoms with Gasteiger partial charge < -0.3 is 15.8 Å². The van der Waals surface area contributed by atoms with Crippen molar-refractivity contribution in [3.05, 3.63) is 0 Å². The highest BCUT2D eigenvalue weighted by Gasteiger charge is 2.62. The molecule has 4 nitrogen and oxygen atoms in total. The number of ether oxygens (including phenoxy) is 1. The van der Waals surface area contributed by atoms with Crippen LogP contribution in [0.15, 0.2) is 0 Å². The van der Waals surface area contributed by atoms with E-state index in [4.69, 9.17) is 10.5 Å². The number of hydrogen-bond donors (Lipinski definition) is 2. The third kappa shape index (κ3) is 3.78. The lowest BCUT2D eigenvalue weighted by Crippen LogP contribution is -2.76. The molecule has 0 heterocycles. The first-order valence-corrected chi connectivity index (χ1v) is 8.54. The summed E-state index contributed by atoms with van der Waals surface area (Å²) in [6.45, 7) is 11.1. The molecule has 1 aliphatic carbocycles. The molecule has 0 aromatic heterocycles. The number of hydrogen-bond acceptors (Lipinski definition) is 3. The summed E-state index contributed by atoms with van der Waals surface area (Å²) < 4.78 is 5.70. The van der Waals surface area contributed by atoms with Crippen molar-refractivity contribution in [2.75, 3.05) is 6.61 Å². The van der Waals surface area contributed by atoms with Gasteiger partial charge in [0.15, 0.2) is 0 Å². The molecule has 1 saturated carbocycles. The van der Waals surface area contributed by atoms with Crippen LogP contribution in [-0.2, 0) is 9.53 Å². The summed E-state index contributed by atoms with van der Waals surface area (Å²) in [5.74, 6) is -0.00185. The minimum Gasteiger partial charge on any atom is -0.378 e. The smallest absolute Gasteiger partial charge is 0.241 e. The quantitative estimate of drug-likeness (QED) is 0.688. The van der Waals surface area contributed by atoms with Crippen molar-refractivity contribution in [3.8, 4) is 0 Å². The number of nitrogens with one attached hydrogen (secondary N) is 1. The van der Waals surface area contributed by atoms with Gasteiger partial charge in [-0.1, -0.05) is 47.0 Å². The average Bonchev–Trinajstić information content (AvgIpc) is 2.44. The first-order chi connectivity index (χ1) is 9.83. The Kier molecular flexibility index (Phi) is 6.67. The minimum absolute atomic E-state index is 0.00185. The van der Waals surface area contributed by atoms with Crippen LogP contribution in [0.25, 0.3) is 0 Å². The largest absolute Gasteiger partial charge is 0.378 e. The lowest BCUT2D eigenvalue weighted by atomic mass is 9.54. The molecule has 0 spiro atoms. The number of unbranched alkanes of at least 4 members (excludes halogenated alkanes) is 1. The Morgan fingerprint density at radius 3 is 2.43 bits per heavy atom. The van der Waals surface area contributed by atoms with Gasteiger partial charge in [-0.15, -0.1) is 0 Å². The van der Waals surface area contributed by atoms with Gasteiger partial charge in [0.1, 0.15) is 5.54 Å². The van der Waals surface area contributed by atoms with Crippen molar-refractivity contribution in [2.24, 2.45) is 11.1 Å². The van der Waals surface area contributed by atoms with Crippen LogP contribution < -0.4 is 11.1 Å². The van der Waals surface area contributed by atoms with E-state index in [2.05, 4.69) is 19.2 Å². The van der Waals surface area contributed by atoms with Crippen molar-refractivity contribution < 1.29 is 9.53 Å². The Morgan fingerprint density at radius 1 is 1.29 bits per heavy atom. The van der Waals surface area contributed by atoms with Gasteiger partial charge >= 0.3 is 0 Å².